The molecule has 1 fully saturated rings. The molecule has 2 rings (SSSR count). The number of nitrogens with two attached hydrogens (primary N) is 1. The Morgan fingerprint density at radius 1 is 1.42 bits per heavy atom. The minimum Gasteiger partial charge on any atom is -0.377 e. The number of ether oxygens (including phenoxy) is 1. The SMILES string of the molecule is NNC(Cc1cccc(C(F)(F)F)c1)C1CCCO1. The normalized spacial score (nSPS) is 21.6. The molecule has 0 saturated carbocycles. The molecule has 1 heterocycles. The quantitative estimate of drug-likeness (QED) is 0.654. The topological polar surface area (TPSA) is 47.3 Å². The first-order valence-corrected chi connectivity index (χ1v) is 6.24. The first-order valence-electron chi connectivity index (χ1n) is 6.24. The standard InChI is InChI=1S/C13H17F3N2O/c14-13(15,16)10-4-1-3-9(7-10)8-11(18-17)12-5-2-6-19-12/h1,3-4,7,11-12,18H,2,5-6,8,17H2. The summed E-state index contributed by atoms with van der Waals surface area (Å²) in [7, 11) is 0. The third-order valence-electron chi connectivity index (χ3n) is 3.34. The third-order valence-corrected chi connectivity index (χ3v) is 3.34. The zero-order chi connectivity index (χ0) is 13.9. The van der Waals surface area contributed by atoms with Gasteiger partial charge < -0.3 is 4.74 Å². The van der Waals surface area contributed by atoms with Crippen LogP contribution in [0.4, 0.5) is 13.2 Å². The molecule has 2 unspecified atom stereocenters. The zero-order valence-electron chi connectivity index (χ0n) is 10.4. The Morgan fingerprint density at radius 3 is 2.79 bits per heavy atom. The number of hydrogen-bond acceptors (Lipinski definition) is 3. The van der Waals surface area contributed by atoms with Gasteiger partial charge in [0.25, 0.3) is 0 Å². The van der Waals surface area contributed by atoms with Gasteiger partial charge in [-0.25, -0.2) is 0 Å². The number of benzene rings is 1. The Hall–Kier alpha value is -1.11. The summed E-state index contributed by atoms with van der Waals surface area (Å²) in [6, 6.07) is 5.17. The Morgan fingerprint density at radius 2 is 2.21 bits per heavy atom. The number of halogens is 3. The van der Waals surface area contributed by atoms with Gasteiger partial charge in [0.2, 0.25) is 0 Å². The Balaban J connectivity index is 2.09. The lowest BCUT2D eigenvalue weighted by atomic mass is 9.98. The van der Waals surface area contributed by atoms with Crippen LogP contribution < -0.4 is 11.3 Å². The highest BCUT2D eigenvalue weighted by Crippen LogP contribution is 2.30. The summed E-state index contributed by atoms with van der Waals surface area (Å²) in [5.74, 6) is 5.47. The van der Waals surface area contributed by atoms with Crippen molar-refractivity contribution in [2.75, 3.05) is 6.61 Å². The maximum atomic E-state index is 12.6. The van der Waals surface area contributed by atoms with Gasteiger partial charge in [0, 0.05) is 6.61 Å². The molecule has 1 aliphatic heterocycles. The van der Waals surface area contributed by atoms with E-state index in [1.165, 1.54) is 12.1 Å². The highest BCUT2D eigenvalue weighted by atomic mass is 19.4. The minimum atomic E-state index is -4.31. The molecule has 3 N–H and O–H groups in total. The van der Waals surface area contributed by atoms with Crippen molar-refractivity contribution >= 4 is 0 Å². The molecular weight excluding hydrogens is 257 g/mol. The molecule has 0 bridgehead atoms. The molecule has 1 saturated heterocycles. The summed E-state index contributed by atoms with van der Waals surface area (Å²) < 4.78 is 43.4. The molecule has 1 aromatic carbocycles. The van der Waals surface area contributed by atoms with Crippen molar-refractivity contribution in [1.29, 1.82) is 0 Å². The molecule has 106 valence electrons. The van der Waals surface area contributed by atoms with Crippen molar-refractivity contribution in [2.45, 2.75) is 37.6 Å². The van der Waals surface area contributed by atoms with Gasteiger partial charge in [-0.1, -0.05) is 18.2 Å². The lowest BCUT2D eigenvalue weighted by molar-refractivity contribution is -0.137. The Kier molecular flexibility index (Phi) is 4.44. The summed E-state index contributed by atoms with van der Waals surface area (Å²) in [5, 5.41) is 0. The van der Waals surface area contributed by atoms with E-state index in [4.69, 9.17) is 10.6 Å². The summed E-state index contributed by atoms with van der Waals surface area (Å²) >= 11 is 0. The fourth-order valence-electron chi connectivity index (χ4n) is 2.35. The van der Waals surface area contributed by atoms with Crippen LogP contribution in [0.1, 0.15) is 24.0 Å². The third kappa shape index (κ3) is 3.68. The van der Waals surface area contributed by atoms with Crippen LogP contribution in [-0.4, -0.2) is 18.8 Å². The molecular formula is C13H17F3N2O. The van der Waals surface area contributed by atoms with Crippen LogP contribution in [0, 0.1) is 0 Å². The molecule has 0 spiro atoms. The van der Waals surface area contributed by atoms with Crippen LogP contribution in [0.25, 0.3) is 0 Å². The fourth-order valence-corrected chi connectivity index (χ4v) is 2.35. The number of hydrogen-bond donors (Lipinski definition) is 2. The molecule has 0 radical (unpaired) electrons. The molecule has 19 heavy (non-hydrogen) atoms. The second kappa shape index (κ2) is 5.90. The van der Waals surface area contributed by atoms with Crippen LogP contribution in [0.15, 0.2) is 24.3 Å². The largest absolute Gasteiger partial charge is 0.416 e. The van der Waals surface area contributed by atoms with Crippen LogP contribution in [0.5, 0.6) is 0 Å². The van der Waals surface area contributed by atoms with Gasteiger partial charge in [-0.3, -0.25) is 11.3 Å². The van der Waals surface area contributed by atoms with Crippen LogP contribution in [0.2, 0.25) is 0 Å². The van der Waals surface area contributed by atoms with Crippen molar-refractivity contribution in [3.05, 3.63) is 35.4 Å². The van der Waals surface area contributed by atoms with Gasteiger partial charge in [-0.15, -0.1) is 0 Å². The van der Waals surface area contributed by atoms with E-state index in [2.05, 4.69) is 5.43 Å². The van der Waals surface area contributed by atoms with Gasteiger partial charge in [0.15, 0.2) is 0 Å². The molecule has 0 amide bonds. The molecule has 6 heteroatoms. The Labute approximate surface area is 109 Å². The maximum Gasteiger partial charge on any atom is 0.416 e. The van der Waals surface area contributed by atoms with Crippen molar-refractivity contribution in [2.24, 2.45) is 5.84 Å². The molecule has 0 aromatic heterocycles. The van der Waals surface area contributed by atoms with E-state index in [9.17, 15) is 13.2 Å². The predicted molar refractivity (Wildman–Crippen MR) is 65.2 cm³/mol. The molecule has 2 atom stereocenters. The van der Waals surface area contributed by atoms with Gasteiger partial charge >= 0.3 is 6.18 Å². The monoisotopic (exact) mass is 274 g/mol. The number of nitrogens with one attached hydrogen (secondary N) is 1. The van der Waals surface area contributed by atoms with Gasteiger partial charge in [-0.05, 0) is 30.9 Å². The van der Waals surface area contributed by atoms with E-state index in [1.807, 2.05) is 0 Å². The smallest absolute Gasteiger partial charge is 0.377 e. The van der Waals surface area contributed by atoms with E-state index in [1.54, 1.807) is 6.07 Å². The van der Waals surface area contributed by atoms with E-state index < -0.39 is 11.7 Å². The van der Waals surface area contributed by atoms with E-state index in [-0.39, 0.29) is 12.1 Å². The zero-order valence-corrected chi connectivity index (χ0v) is 10.4. The van der Waals surface area contributed by atoms with E-state index >= 15 is 0 Å². The van der Waals surface area contributed by atoms with Crippen molar-refractivity contribution < 1.29 is 17.9 Å². The summed E-state index contributed by atoms with van der Waals surface area (Å²) in [4.78, 5) is 0. The van der Waals surface area contributed by atoms with Crippen molar-refractivity contribution in [1.82, 2.24) is 5.43 Å². The van der Waals surface area contributed by atoms with Gasteiger partial charge in [0.05, 0.1) is 17.7 Å². The van der Waals surface area contributed by atoms with E-state index in [0.717, 1.165) is 18.9 Å². The predicted octanol–water partition coefficient (Wildman–Crippen LogP) is 2.26. The maximum absolute atomic E-state index is 12.6. The highest BCUT2D eigenvalue weighted by molar-refractivity contribution is 5.26. The van der Waals surface area contributed by atoms with Crippen molar-refractivity contribution in [3.63, 3.8) is 0 Å². The van der Waals surface area contributed by atoms with Crippen LogP contribution in [-0.2, 0) is 17.3 Å². The number of rotatable bonds is 4. The average molecular weight is 274 g/mol. The van der Waals surface area contributed by atoms with Crippen molar-refractivity contribution in [3.8, 4) is 0 Å². The minimum absolute atomic E-state index is 0.0282. The molecule has 1 aliphatic rings. The highest BCUT2D eigenvalue weighted by Gasteiger charge is 2.31. The summed E-state index contributed by atoms with van der Waals surface area (Å²) in [5.41, 5.74) is 2.62. The Bertz CT molecular complexity index is 417. The second-order valence-corrected chi connectivity index (χ2v) is 4.73. The molecule has 3 nitrogen and oxygen atoms in total. The van der Waals surface area contributed by atoms with Crippen LogP contribution >= 0.6 is 0 Å². The summed E-state index contributed by atoms with van der Waals surface area (Å²) in [6.45, 7) is 0.686. The first kappa shape index (κ1) is 14.3. The second-order valence-electron chi connectivity index (χ2n) is 4.73. The lowest BCUT2D eigenvalue weighted by Crippen LogP contribution is -2.45. The molecule has 0 aliphatic carbocycles. The first-order chi connectivity index (χ1) is 9.00. The lowest BCUT2D eigenvalue weighted by Gasteiger charge is -2.22. The van der Waals surface area contributed by atoms with Gasteiger partial charge in [0.1, 0.15) is 0 Å². The fraction of sp³-hybridized carbons (Fsp3) is 0.538. The number of hydrazine groups is 1. The summed E-state index contributed by atoms with van der Waals surface area (Å²) in [6.07, 6.45) is -2.07. The van der Waals surface area contributed by atoms with Gasteiger partial charge in [-0.2, -0.15) is 13.2 Å². The average Bonchev–Trinajstić information content (AvgIpc) is 2.89. The molecule has 1 aromatic rings. The van der Waals surface area contributed by atoms with E-state index in [0.29, 0.717) is 18.6 Å². The van der Waals surface area contributed by atoms with Crippen LogP contribution in [0.3, 0.4) is 0 Å². The number of alkyl halides is 3.